The van der Waals surface area contributed by atoms with Gasteiger partial charge in [0.15, 0.2) is 0 Å². The Labute approximate surface area is 117 Å². The van der Waals surface area contributed by atoms with Gasteiger partial charge in [-0.25, -0.2) is 5.43 Å². The van der Waals surface area contributed by atoms with Crippen molar-refractivity contribution in [2.45, 2.75) is 19.3 Å². The minimum atomic E-state index is -0.111. The Hall–Kier alpha value is -1.39. The quantitative estimate of drug-likeness (QED) is 0.668. The van der Waals surface area contributed by atoms with Crippen LogP contribution in [0.15, 0.2) is 42.5 Å². The van der Waals surface area contributed by atoms with Crippen molar-refractivity contribution in [2.24, 2.45) is 5.84 Å². The summed E-state index contributed by atoms with van der Waals surface area (Å²) >= 11 is 6.24. The first kappa shape index (κ1) is 12.6. The SMILES string of the molecule is NNC(c1ccc2c(c1)COC2)c1ccccc1Cl. The Morgan fingerprint density at radius 2 is 1.89 bits per heavy atom. The van der Waals surface area contributed by atoms with Crippen LogP contribution < -0.4 is 11.3 Å². The zero-order chi connectivity index (χ0) is 13.2. The Kier molecular flexibility index (Phi) is 3.53. The number of hydrogen-bond donors (Lipinski definition) is 2. The predicted octanol–water partition coefficient (Wildman–Crippen LogP) is 2.92. The van der Waals surface area contributed by atoms with Crippen molar-refractivity contribution in [3.63, 3.8) is 0 Å². The standard InChI is InChI=1S/C15H15ClN2O/c16-14-4-2-1-3-13(14)15(18-17)10-5-6-11-8-19-9-12(11)7-10/h1-7,15,18H,8-9,17H2. The van der Waals surface area contributed by atoms with Crippen LogP contribution in [0.25, 0.3) is 0 Å². The average Bonchev–Trinajstić information content (AvgIpc) is 2.89. The van der Waals surface area contributed by atoms with Crippen molar-refractivity contribution in [1.82, 2.24) is 5.43 Å². The summed E-state index contributed by atoms with van der Waals surface area (Å²) in [5.74, 6) is 5.71. The molecule has 1 aliphatic heterocycles. The molecule has 0 radical (unpaired) electrons. The van der Waals surface area contributed by atoms with Gasteiger partial charge in [-0.3, -0.25) is 5.84 Å². The number of hydrogen-bond acceptors (Lipinski definition) is 3. The fourth-order valence-electron chi connectivity index (χ4n) is 2.45. The van der Waals surface area contributed by atoms with Crippen LogP contribution in [-0.2, 0) is 18.0 Å². The molecule has 3 nitrogen and oxygen atoms in total. The Morgan fingerprint density at radius 3 is 2.68 bits per heavy atom. The summed E-state index contributed by atoms with van der Waals surface area (Å²) in [5.41, 5.74) is 7.39. The number of ether oxygens (including phenoxy) is 1. The van der Waals surface area contributed by atoms with Crippen LogP contribution in [0.2, 0.25) is 5.02 Å². The van der Waals surface area contributed by atoms with Crippen LogP contribution in [-0.4, -0.2) is 0 Å². The normalized spacial score (nSPS) is 15.3. The lowest BCUT2D eigenvalue weighted by Crippen LogP contribution is -2.29. The molecule has 1 heterocycles. The number of hydrazine groups is 1. The minimum Gasteiger partial charge on any atom is -0.372 e. The van der Waals surface area contributed by atoms with E-state index in [1.807, 2.05) is 24.3 Å². The second kappa shape index (κ2) is 5.31. The molecule has 0 saturated heterocycles. The van der Waals surface area contributed by atoms with Crippen LogP contribution in [0.4, 0.5) is 0 Å². The summed E-state index contributed by atoms with van der Waals surface area (Å²) in [6.45, 7) is 1.37. The number of rotatable bonds is 3. The van der Waals surface area contributed by atoms with E-state index in [-0.39, 0.29) is 6.04 Å². The lowest BCUT2D eigenvalue weighted by atomic mass is 9.96. The minimum absolute atomic E-state index is 0.111. The molecule has 4 heteroatoms. The van der Waals surface area contributed by atoms with E-state index in [4.69, 9.17) is 22.2 Å². The molecule has 0 bridgehead atoms. The number of nitrogens with one attached hydrogen (secondary N) is 1. The maximum atomic E-state index is 6.24. The summed E-state index contributed by atoms with van der Waals surface area (Å²) in [6, 6.07) is 13.9. The summed E-state index contributed by atoms with van der Waals surface area (Å²) in [4.78, 5) is 0. The molecular formula is C15H15ClN2O. The molecule has 0 saturated carbocycles. The largest absolute Gasteiger partial charge is 0.372 e. The van der Waals surface area contributed by atoms with Crippen molar-refractivity contribution in [2.75, 3.05) is 0 Å². The summed E-state index contributed by atoms with van der Waals surface area (Å²) in [5, 5.41) is 0.710. The van der Waals surface area contributed by atoms with Crippen LogP contribution in [0, 0.1) is 0 Å². The molecule has 2 aromatic rings. The van der Waals surface area contributed by atoms with Crippen LogP contribution in [0.3, 0.4) is 0 Å². The van der Waals surface area contributed by atoms with E-state index in [0.29, 0.717) is 18.2 Å². The first-order chi connectivity index (χ1) is 9.29. The molecule has 1 atom stereocenters. The molecule has 1 aliphatic rings. The van der Waals surface area contributed by atoms with Crippen LogP contribution in [0.1, 0.15) is 28.3 Å². The molecule has 19 heavy (non-hydrogen) atoms. The van der Waals surface area contributed by atoms with Crippen molar-refractivity contribution >= 4 is 11.6 Å². The van der Waals surface area contributed by atoms with E-state index < -0.39 is 0 Å². The maximum Gasteiger partial charge on any atom is 0.0725 e. The fraction of sp³-hybridized carbons (Fsp3) is 0.200. The smallest absolute Gasteiger partial charge is 0.0725 e. The molecule has 0 aromatic heterocycles. The Balaban J connectivity index is 2.01. The van der Waals surface area contributed by atoms with Gasteiger partial charge in [0.1, 0.15) is 0 Å². The average molecular weight is 275 g/mol. The highest BCUT2D eigenvalue weighted by molar-refractivity contribution is 6.31. The van der Waals surface area contributed by atoms with E-state index in [2.05, 4.69) is 23.6 Å². The fourth-order valence-corrected chi connectivity index (χ4v) is 2.69. The van der Waals surface area contributed by atoms with Gasteiger partial charge in [0, 0.05) is 5.02 Å². The topological polar surface area (TPSA) is 47.3 Å². The molecule has 0 fully saturated rings. The van der Waals surface area contributed by atoms with E-state index >= 15 is 0 Å². The number of halogens is 1. The Morgan fingerprint density at radius 1 is 1.11 bits per heavy atom. The number of fused-ring (bicyclic) bond motifs is 1. The molecule has 2 aromatic carbocycles. The van der Waals surface area contributed by atoms with Crippen molar-refractivity contribution < 1.29 is 4.74 Å². The number of benzene rings is 2. The molecule has 0 amide bonds. The van der Waals surface area contributed by atoms with Gasteiger partial charge >= 0.3 is 0 Å². The highest BCUT2D eigenvalue weighted by atomic mass is 35.5. The van der Waals surface area contributed by atoms with Crippen LogP contribution >= 0.6 is 11.6 Å². The highest BCUT2D eigenvalue weighted by Crippen LogP contribution is 2.30. The number of nitrogens with two attached hydrogens (primary N) is 1. The molecule has 3 N–H and O–H groups in total. The third-order valence-electron chi connectivity index (χ3n) is 3.46. The van der Waals surface area contributed by atoms with Crippen molar-refractivity contribution in [3.8, 4) is 0 Å². The first-order valence-electron chi connectivity index (χ1n) is 6.19. The van der Waals surface area contributed by atoms with Gasteiger partial charge in [-0.1, -0.05) is 48.0 Å². The van der Waals surface area contributed by atoms with Gasteiger partial charge in [-0.2, -0.15) is 0 Å². The summed E-state index contributed by atoms with van der Waals surface area (Å²) < 4.78 is 5.44. The second-order valence-electron chi connectivity index (χ2n) is 4.64. The predicted molar refractivity (Wildman–Crippen MR) is 75.6 cm³/mol. The van der Waals surface area contributed by atoms with E-state index in [0.717, 1.165) is 11.1 Å². The maximum absolute atomic E-state index is 6.24. The van der Waals surface area contributed by atoms with E-state index in [1.165, 1.54) is 11.1 Å². The third kappa shape index (κ3) is 2.38. The first-order valence-corrected chi connectivity index (χ1v) is 6.57. The molecular weight excluding hydrogens is 260 g/mol. The highest BCUT2D eigenvalue weighted by Gasteiger charge is 2.18. The molecule has 98 valence electrons. The molecule has 0 spiro atoms. The van der Waals surface area contributed by atoms with E-state index in [1.54, 1.807) is 0 Å². The lowest BCUT2D eigenvalue weighted by Gasteiger charge is -2.19. The van der Waals surface area contributed by atoms with Gasteiger partial charge in [0.25, 0.3) is 0 Å². The summed E-state index contributed by atoms with van der Waals surface area (Å²) in [6.07, 6.45) is 0. The monoisotopic (exact) mass is 274 g/mol. The third-order valence-corrected chi connectivity index (χ3v) is 3.81. The molecule has 0 aliphatic carbocycles. The van der Waals surface area contributed by atoms with Crippen molar-refractivity contribution in [1.29, 1.82) is 0 Å². The molecule has 1 unspecified atom stereocenters. The Bertz CT molecular complexity index is 600. The van der Waals surface area contributed by atoms with Gasteiger partial charge in [0.05, 0.1) is 19.3 Å². The zero-order valence-corrected chi connectivity index (χ0v) is 11.2. The second-order valence-corrected chi connectivity index (χ2v) is 5.05. The van der Waals surface area contributed by atoms with E-state index in [9.17, 15) is 0 Å². The lowest BCUT2D eigenvalue weighted by molar-refractivity contribution is 0.134. The van der Waals surface area contributed by atoms with Crippen LogP contribution in [0.5, 0.6) is 0 Å². The van der Waals surface area contributed by atoms with Crippen molar-refractivity contribution in [3.05, 3.63) is 69.7 Å². The van der Waals surface area contributed by atoms with Gasteiger partial charge in [-0.15, -0.1) is 0 Å². The van der Waals surface area contributed by atoms with Gasteiger partial charge in [0.2, 0.25) is 0 Å². The summed E-state index contributed by atoms with van der Waals surface area (Å²) in [7, 11) is 0. The van der Waals surface area contributed by atoms with Gasteiger partial charge < -0.3 is 4.74 Å². The van der Waals surface area contributed by atoms with Gasteiger partial charge in [-0.05, 0) is 28.3 Å². The zero-order valence-electron chi connectivity index (χ0n) is 10.4. The molecule has 3 rings (SSSR count).